The van der Waals surface area contributed by atoms with Gasteiger partial charge in [0.05, 0.1) is 5.69 Å². The van der Waals surface area contributed by atoms with E-state index in [4.69, 9.17) is 0 Å². The summed E-state index contributed by atoms with van der Waals surface area (Å²) in [7, 11) is 0. The number of fused-ring (bicyclic) bond motifs is 1. The molecule has 0 radical (unpaired) electrons. The number of benzene rings is 2. The van der Waals surface area contributed by atoms with Gasteiger partial charge in [0.15, 0.2) is 5.82 Å². The van der Waals surface area contributed by atoms with Crippen molar-refractivity contribution < 1.29 is 40.6 Å². The van der Waals surface area contributed by atoms with Crippen molar-refractivity contribution in [3.05, 3.63) is 59.8 Å². The van der Waals surface area contributed by atoms with Crippen LogP contribution < -0.4 is 16.0 Å². The number of amides is 2. The number of aromatic nitrogens is 4. The molecule has 0 saturated carbocycles. The maximum Gasteiger partial charge on any atom is 0.471 e. The molecule has 192 valence electrons. The molecule has 4 rings (SSSR count). The fourth-order valence-corrected chi connectivity index (χ4v) is 2.97. The smallest absolute Gasteiger partial charge is 0.339 e. The minimum atomic E-state index is -5.04. The van der Waals surface area contributed by atoms with E-state index in [0.29, 0.717) is 16.9 Å². The molecule has 0 aliphatic rings. The number of nitrogens with zero attached hydrogens (tertiary/aromatic N) is 4. The van der Waals surface area contributed by atoms with E-state index in [-0.39, 0.29) is 34.9 Å². The highest BCUT2D eigenvalue weighted by atomic mass is 19.4. The molecule has 0 fully saturated rings. The number of alkyl halides is 6. The SMILES string of the molecule is O=C(Nc1ccc(Cc2nc3nonc3nc2Nc2ccc(NC(=O)C(F)(F)F)cc2)cc1)C(F)(F)F. The van der Waals surface area contributed by atoms with Gasteiger partial charge in [-0.25, -0.2) is 14.6 Å². The van der Waals surface area contributed by atoms with Crippen LogP contribution in [0.5, 0.6) is 0 Å². The van der Waals surface area contributed by atoms with Gasteiger partial charge in [0.2, 0.25) is 11.3 Å². The number of hydrogen-bond donors (Lipinski definition) is 3. The Morgan fingerprint density at radius 3 is 1.68 bits per heavy atom. The van der Waals surface area contributed by atoms with Crippen LogP contribution in [-0.4, -0.2) is 44.4 Å². The van der Waals surface area contributed by atoms with Gasteiger partial charge in [-0.1, -0.05) is 12.1 Å². The third-order valence-electron chi connectivity index (χ3n) is 4.69. The molecule has 2 aromatic heterocycles. The molecular weight excluding hydrogens is 512 g/mol. The van der Waals surface area contributed by atoms with E-state index in [9.17, 15) is 35.9 Å². The zero-order valence-electron chi connectivity index (χ0n) is 18.1. The Labute approximate surface area is 202 Å². The summed E-state index contributed by atoms with van der Waals surface area (Å²) in [4.78, 5) is 30.8. The van der Waals surface area contributed by atoms with Crippen LogP contribution in [0.1, 0.15) is 11.3 Å². The van der Waals surface area contributed by atoms with Gasteiger partial charge in [0, 0.05) is 23.5 Å². The molecule has 3 N–H and O–H groups in total. The van der Waals surface area contributed by atoms with Gasteiger partial charge in [-0.15, -0.1) is 0 Å². The molecule has 0 unspecified atom stereocenters. The molecule has 0 atom stereocenters. The number of nitrogens with one attached hydrogen (secondary N) is 3. The molecule has 0 bridgehead atoms. The fourth-order valence-electron chi connectivity index (χ4n) is 2.97. The Morgan fingerprint density at radius 1 is 0.703 bits per heavy atom. The Balaban J connectivity index is 1.53. The summed E-state index contributed by atoms with van der Waals surface area (Å²) < 4.78 is 79.2. The zero-order valence-corrected chi connectivity index (χ0v) is 18.1. The second-order valence-corrected chi connectivity index (χ2v) is 7.41. The maximum atomic E-state index is 12.4. The van der Waals surface area contributed by atoms with Crippen molar-refractivity contribution in [2.24, 2.45) is 0 Å². The topological polar surface area (TPSA) is 135 Å². The van der Waals surface area contributed by atoms with Crippen LogP contribution in [0, 0.1) is 0 Å². The lowest BCUT2D eigenvalue weighted by Gasteiger charge is -2.12. The van der Waals surface area contributed by atoms with Crippen molar-refractivity contribution in [1.82, 2.24) is 20.3 Å². The Morgan fingerprint density at radius 2 is 1.16 bits per heavy atom. The fraction of sp³-hybridized carbons (Fsp3) is 0.143. The van der Waals surface area contributed by atoms with E-state index < -0.39 is 24.2 Å². The third kappa shape index (κ3) is 6.28. The minimum Gasteiger partial charge on any atom is -0.339 e. The summed E-state index contributed by atoms with van der Waals surface area (Å²) in [6.45, 7) is 0. The number of anilines is 4. The van der Waals surface area contributed by atoms with Gasteiger partial charge in [-0.3, -0.25) is 9.59 Å². The lowest BCUT2D eigenvalue weighted by molar-refractivity contribution is -0.167. The normalized spacial score (nSPS) is 11.8. The molecule has 10 nitrogen and oxygen atoms in total. The molecule has 0 spiro atoms. The predicted molar refractivity (Wildman–Crippen MR) is 116 cm³/mol. The molecule has 2 amide bonds. The first-order valence-corrected chi connectivity index (χ1v) is 10.1. The molecule has 2 aromatic carbocycles. The van der Waals surface area contributed by atoms with Crippen molar-refractivity contribution in [2.45, 2.75) is 18.8 Å². The van der Waals surface area contributed by atoms with E-state index in [2.05, 4.69) is 30.2 Å². The lowest BCUT2D eigenvalue weighted by atomic mass is 10.1. The van der Waals surface area contributed by atoms with E-state index in [0.717, 1.165) is 0 Å². The average molecular weight is 525 g/mol. The molecule has 0 aliphatic carbocycles. The first kappa shape index (κ1) is 25.3. The molecular formula is C21H13F6N7O3. The zero-order chi connectivity index (χ0) is 26.8. The van der Waals surface area contributed by atoms with Crippen molar-refractivity contribution in [2.75, 3.05) is 16.0 Å². The van der Waals surface area contributed by atoms with Crippen LogP contribution in [0.3, 0.4) is 0 Å². The number of halogens is 6. The Kier molecular flexibility index (Phi) is 6.65. The second kappa shape index (κ2) is 9.71. The van der Waals surface area contributed by atoms with E-state index in [1.807, 2.05) is 0 Å². The summed E-state index contributed by atoms with van der Waals surface area (Å²) in [6, 6.07) is 10.8. The highest BCUT2D eigenvalue weighted by Crippen LogP contribution is 2.25. The number of rotatable bonds is 6. The first-order chi connectivity index (χ1) is 17.4. The van der Waals surface area contributed by atoms with Gasteiger partial charge in [-0.05, 0) is 52.3 Å². The van der Waals surface area contributed by atoms with Crippen molar-refractivity contribution in [1.29, 1.82) is 0 Å². The molecule has 0 saturated heterocycles. The average Bonchev–Trinajstić information content (AvgIpc) is 3.27. The van der Waals surface area contributed by atoms with Gasteiger partial charge in [0.25, 0.3) is 0 Å². The summed E-state index contributed by atoms with van der Waals surface area (Å²) in [6.07, 6.45) is -9.95. The largest absolute Gasteiger partial charge is 0.471 e. The highest BCUT2D eigenvalue weighted by Gasteiger charge is 2.39. The van der Waals surface area contributed by atoms with Crippen molar-refractivity contribution in [3.63, 3.8) is 0 Å². The summed E-state index contributed by atoms with van der Waals surface area (Å²) in [5, 5.41) is 13.6. The van der Waals surface area contributed by atoms with Crippen LogP contribution in [0.25, 0.3) is 11.3 Å². The maximum absolute atomic E-state index is 12.4. The summed E-state index contributed by atoms with van der Waals surface area (Å²) >= 11 is 0. The minimum absolute atomic E-state index is 0.0607. The molecule has 2 heterocycles. The standard InChI is InChI=1S/C21H13F6N7O3/c22-20(23,24)18(35)29-12-3-1-10(2-4-12)9-14-15(32-17-16(31-14)33-37-34-17)28-11-5-7-13(8-6-11)30-19(36)21(25,26)27/h1-8H,9H2,(H,29,35)(H,30,36)(H,28,32,34). The Hall–Kier alpha value is -4.76. The number of carbonyl (C=O) groups excluding carboxylic acids is 2. The predicted octanol–water partition coefficient (Wildman–Crippen LogP) is 4.35. The number of carbonyl (C=O) groups is 2. The highest BCUT2D eigenvalue weighted by molar-refractivity contribution is 5.95. The van der Waals surface area contributed by atoms with Gasteiger partial charge >= 0.3 is 24.2 Å². The summed E-state index contributed by atoms with van der Waals surface area (Å²) in [5.41, 5.74) is 1.28. The van der Waals surface area contributed by atoms with Crippen molar-refractivity contribution >= 4 is 46.0 Å². The second-order valence-electron chi connectivity index (χ2n) is 7.41. The molecule has 16 heteroatoms. The third-order valence-corrected chi connectivity index (χ3v) is 4.69. The van der Waals surface area contributed by atoms with E-state index in [1.165, 1.54) is 48.5 Å². The van der Waals surface area contributed by atoms with Crippen LogP contribution >= 0.6 is 0 Å². The monoisotopic (exact) mass is 525 g/mol. The van der Waals surface area contributed by atoms with Gasteiger partial charge in [-0.2, -0.15) is 26.3 Å². The van der Waals surface area contributed by atoms with Crippen LogP contribution in [0.2, 0.25) is 0 Å². The van der Waals surface area contributed by atoms with Crippen LogP contribution in [0.15, 0.2) is 53.2 Å². The lowest BCUT2D eigenvalue weighted by Crippen LogP contribution is -2.29. The van der Waals surface area contributed by atoms with Crippen LogP contribution in [0.4, 0.5) is 49.2 Å². The van der Waals surface area contributed by atoms with Gasteiger partial charge in [0.1, 0.15) is 0 Å². The molecule has 37 heavy (non-hydrogen) atoms. The quantitative estimate of drug-likeness (QED) is 0.317. The van der Waals surface area contributed by atoms with Crippen LogP contribution in [-0.2, 0) is 16.0 Å². The molecule has 0 aliphatic heterocycles. The first-order valence-electron chi connectivity index (χ1n) is 10.1. The number of hydrogen-bond acceptors (Lipinski definition) is 8. The molecule has 4 aromatic rings. The van der Waals surface area contributed by atoms with Crippen molar-refractivity contribution in [3.8, 4) is 0 Å². The van der Waals surface area contributed by atoms with E-state index in [1.54, 1.807) is 10.6 Å². The summed E-state index contributed by atoms with van der Waals surface area (Å²) in [5.74, 6) is -4.04. The Bertz CT molecular complexity index is 1330. The van der Waals surface area contributed by atoms with E-state index >= 15 is 0 Å². The van der Waals surface area contributed by atoms with Gasteiger partial charge < -0.3 is 16.0 Å².